The summed E-state index contributed by atoms with van der Waals surface area (Å²) in [6, 6.07) is 4.21. The van der Waals surface area contributed by atoms with Crippen LogP contribution in [0.4, 0.5) is 11.9 Å². The molecule has 1 aliphatic rings. The Bertz CT molecular complexity index is 1040. The Morgan fingerprint density at radius 3 is 2.65 bits per heavy atom. The fourth-order valence-corrected chi connectivity index (χ4v) is 3.58. The first-order valence-corrected chi connectivity index (χ1v) is 8.82. The van der Waals surface area contributed by atoms with Crippen LogP contribution in [0.3, 0.4) is 0 Å². The predicted molar refractivity (Wildman–Crippen MR) is 101 cm³/mol. The van der Waals surface area contributed by atoms with E-state index < -0.39 is 0 Å². The molecule has 6 heteroatoms. The number of fused-ring (bicyclic) bond motifs is 2. The number of anilines is 2. The lowest BCUT2D eigenvalue weighted by Gasteiger charge is -2.19. The molecule has 3 aromatic rings. The molecule has 2 heterocycles. The normalized spacial score (nSPS) is 16.6. The highest BCUT2D eigenvalue weighted by atomic mass is 16.1. The van der Waals surface area contributed by atoms with Gasteiger partial charge in [-0.05, 0) is 44.7 Å². The Kier molecular flexibility index (Phi) is 3.90. The Hall–Kier alpha value is -2.89. The summed E-state index contributed by atoms with van der Waals surface area (Å²) < 4.78 is 0. The van der Waals surface area contributed by atoms with Gasteiger partial charge < -0.3 is 0 Å². The van der Waals surface area contributed by atoms with Crippen molar-refractivity contribution in [2.24, 2.45) is 5.92 Å². The lowest BCUT2D eigenvalue weighted by molar-refractivity contribution is 0.0951. The minimum Gasteiger partial charge on any atom is -0.294 e. The quantitative estimate of drug-likeness (QED) is 0.758. The summed E-state index contributed by atoms with van der Waals surface area (Å²) >= 11 is 0. The number of benzene rings is 1. The molecule has 0 amide bonds. The molecule has 4 rings (SSSR count). The van der Waals surface area contributed by atoms with Gasteiger partial charge in [-0.25, -0.2) is 19.9 Å². The van der Waals surface area contributed by atoms with Gasteiger partial charge in [0.25, 0.3) is 0 Å². The highest BCUT2D eigenvalue weighted by Gasteiger charge is 2.24. The number of aromatic nitrogens is 4. The third kappa shape index (κ3) is 2.92. The molecule has 0 saturated heterocycles. The maximum absolute atomic E-state index is 12.1. The van der Waals surface area contributed by atoms with Crippen molar-refractivity contribution in [1.29, 1.82) is 0 Å². The Morgan fingerprint density at radius 1 is 1.04 bits per heavy atom. The summed E-state index contributed by atoms with van der Waals surface area (Å²) in [5.41, 5.74) is 5.57. The zero-order chi connectivity index (χ0) is 18.4. The first kappa shape index (κ1) is 16.6. The molecular weight excluding hydrogens is 326 g/mol. The van der Waals surface area contributed by atoms with E-state index in [1.165, 1.54) is 5.56 Å². The zero-order valence-electron chi connectivity index (χ0n) is 15.4. The van der Waals surface area contributed by atoms with Crippen LogP contribution in [0, 0.1) is 26.7 Å². The molecule has 0 aliphatic heterocycles. The molecule has 0 bridgehead atoms. The van der Waals surface area contributed by atoms with E-state index in [0.29, 0.717) is 29.8 Å². The molecule has 1 aliphatic carbocycles. The van der Waals surface area contributed by atoms with Crippen molar-refractivity contribution in [2.45, 2.75) is 40.5 Å². The Balaban J connectivity index is 1.72. The fraction of sp³-hybridized carbons (Fsp3) is 0.350. The van der Waals surface area contributed by atoms with Crippen molar-refractivity contribution < 1.29 is 4.79 Å². The van der Waals surface area contributed by atoms with Gasteiger partial charge >= 0.3 is 0 Å². The van der Waals surface area contributed by atoms with Crippen LogP contribution < -0.4 is 5.32 Å². The molecule has 1 atom stereocenters. The van der Waals surface area contributed by atoms with E-state index >= 15 is 0 Å². The van der Waals surface area contributed by atoms with Crippen molar-refractivity contribution >= 4 is 28.6 Å². The van der Waals surface area contributed by atoms with Gasteiger partial charge in [-0.3, -0.25) is 10.1 Å². The number of hydrogen-bond acceptors (Lipinski definition) is 6. The van der Waals surface area contributed by atoms with Crippen molar-refractivity contribution in [3.63, 3.8) is 0 Å². The maximum atomic E-state index is 12.1. The number of aryl methyl sites for hydroxylation is 3. The maximum Gasteiger partial charge on any atom is 0.230 e. The van der Waals surface area contributed by atoms with Gasteiger partial charge in [-0.1, -0.05) is 18.6 Å². The number of nitrogens with zero attached hydrogens (tertiary/aromatic N) is 4. The van der Waals surface area contributed by atoms with Gasteiger partial charge in [0.15, 0.2) is 5.78 Å². The smallest absolute Gasteiger partial charge is 0.230 e. The summed E-state index contributed by atoms with van der Waals surface area (Å²) in [7, 11) is 0. The van der Waals surface area contributed by atoms with Crippen molar-refractivity contribution in [2.75, 3.05) is 5.32 Å². The second-order valence-corrected chi connectivity index (χ2v) is 7.23. The third-order valence-electron chi connectivity index (χ3n) is 4.79. The Morgan fingerprint density at radius 2 is 1.85 bits per heavy atom. The average molecular weight is 347 g/mol. The first-order valence-electron chi connectivity index (χ1n) is 8.82. The molecular formula is C20H21N5O. The van der Waals surface area contributed by atoms with E-state index in [9.17, 15) is 4.79 Å². The molecule has 2 aromatic heterocycles. The largest absolute Gasteiger partial charge is 0.294 e. The SMILES string of the molecule is Cc1cc(C)c2nc(Nc3ncc4c(n3)C[C@H](C)CC4=O)nc(C)c2c1. The number of carbonyl (C=O) groups is 1. The molecule has 0 unspecified atom stereocenters. The molecule has 1 N–H and O–H groups in total. The molecule has 0 saturated carbocycles. The summed E-state index contributed by atoms with van der Waals surface area (Å²) in [6.45, 7) is 8.16. The van der Waals surface area contributed by atoms with E-state index in [1.807, 2.05) is 13.8 Å². The molecule has 26 heavy (non-hydrogen) atoms. The number of ketones is 1. The zero-order valence-corrected chi connectivity index (χ0v) is 15.4. The minimum atomic E-state index is 0.120. The van der Waals surface area contributed by atoms with Crippen LogP contribution in [0.1, 0.15) is 46.2 Å². The van der Waals surface area contributed by atoms with Crippen LogP contribution in [0.25, 0.3) is 10.9 Å². The molecule has 0 spiro atoms. The number of nitrogens with one attached hydrogen (secondary N) is 1. The van der Waals surface area contributed by atoms with Gasteiger partial charge in [-0.15, -0.1) is 0 Å². The number of hydrogen-bond donors (Lipinski definition) is 1. The van der Waals surface area contributed by atoms with Crippen LogP contribution in [0.15, 0.2) is 18.3 Å². The number of carbonyl (C=O) groups excluding carboxylic acids is 1. The minimum absolute atomic E-state index is 0.120. The monoisotopic (exact) mass is 347 g/mol. The summed E-state index contributed by atoms with van der Waals surface area (Å²) in [5.74, 6) is 1.32. The summed E-state index contributed by atoms with van der Waals surface area (Å²) in [4.78, 5) is 30.1. The van der Waals surface area contributed by atoms with E-state index in [4.69, 9.17) is 0 Å². The summed E-state index contributed by atoms with van der Waals surface area (Å²) in [6.07, 6.45) is 2.96. The van der Waals surface area contributed by atoms with Crippen molar-refractivity contribution in [3.8, 4) is 0 Å². The van der Waals surface area contributed by atoms with Gasteiger partial charge in [0.05, 0.1) is 22.5 Å². The van der Waals surface area contributed by atoms with Crippen molar-refractivity contribution in [1.82, 2.24) is 19.9 Å². The highest BCUT2D eigenvalue weighted by Crippen LogP contribution is 2.26. The molecule has 1 aromatic carbocycles. The Labute approximate surface area is 152 Å². The van der Waals surface area contributed by atoms with E-state index in [2.05, 4.69) is 51.2 Å². The fourth-order valence-electron chi connectivity index (χ4n) is 3.58. The third-order valence-corrected chi connectivity index (χ3v) is 4.79. The van der Waals surface area contributed by atoms with Crippen molar-refractivity contribution in [3.05, 3.63) is 46.4 Å². The second kappa shape index (κ2) is 6.12. The molecule has 0 radical (unpaired) electrons. The second-order valence-electron chi connectivity index (χ2n) is 7.23. The number of rotatable bonds is 2. The van der Waals surface area contributed by atoms with E-state index in [0.717, 1.165) is 34.3 Å². The van der Waals surface area contributed by atoms with Crippen LogP contribution in [-0.4, -0.2) is 25.7 Å². The van der Waals surface area contributed by atoms with Gasteiger partial charge in [0, 0.05) is 18.0 Å². The van der Waals surface area contributed by atoms with Crippen LogP contribution in [0.2, 0.25) is 0 Å². The lowest BCUT2D eigenvalue weighted by atomic mass is 9.88. The first-order chi connectivity index (χ1) is 12.4. The number of Topliss-reactive ketones (excluding diaryl/α,β-unsaturated/α-hetero) is 1. The summed E-state index contributed by atoms with van der Waals surface area (Å²) in [5, 5.41) is 4.16. The average Bonchev–Trinajstić information content (AvgIpc) is 2.55. The lowest BCUT2D eigenvalue weighted by Crippen LogP contribution is -2.20. The standard InChI is InChI=1S/C20H21N5O/c1-10-5-12(3)18-14(6-10)13(4)22-20(24-18)25-19-21-9-15-16(23-19)7-11(2)8-17(15)26/h5-6,9,11H,7-8H2,1-4H3,(H,21,22,23,24,25)/t11-/m0/s1. The van der Waals surface area contributed by atoms with Gasteiger partial charge in [-0.2, -0.15) is 0 Å². The van der Waals surface area contributed by atoms with Gasteiger partial charge in [0.2, 0.25) is 11.9 Å². The topological polar surface area (TPSA) is 80.7 Å². The van der Waals surface area contributed by atoms with Crippen LogP contribution in [-0.2, 0) is 6.42 Å². The van der Waals surface area contributed by atoms with E-state index in [-0.39, 0.29) is 5.78 Å². The highest BCUT2D eigenvalue weighted by molar-refractivity contribution is 5.98. The molecule has 132 valence electrons. The van der Waals surface area contributed by atoms with Crippen LogP contribution in [0.5, 0.6) is 0 Å². The molecule has 6 nitrogen and oxygen atoms in total. The van der Waals surface area contributed by atoms with E-state index in [1.54, 1.807) is 6.20 Å². The molecule has 0 fully saturated rings. The van der Waals surface area contributed by atoms with Gasteiger partial charge in [0.1, 0.15) is 0 Å². The predicted octanol–water partition coefficient (Wildman–Crippen LogP) is 3.85. The van der Waals surface area contributed by atoms with Crippen LogP contribution >= 0.6 is 0 Å².